The van der Waals surface area contributed by atoms with Crippen molar-refractivity contribution in [2.45, 2.75) is 25.8 Å². The maximum Gasteiger partial charge on any atom is 0.238 e. The molecule has 1 heterocycles. The van der Waals surface area contributed by atoms with Crippen LogP contribution in [0.25, 0.3) is 5.70 Å². The smallest absolute Gasteiger partial charge is 0.238 e. The highest BCUT2D eigenvalue weighted by Gasteiger charge is 2.38. The molecule has 2 aromatic rings. The number of hydrazine groups is 1. The summed E-state index contributed by atoms with van der Waals surface area (Å²) < 4.78 is 6.38. The van der Waals surface area contributed by atoms with E-state index in [1.54, 1.807) is 19.0 Å². The van der Waals surface area contributed by atoms with Gasteiger partial charge < -0.3 is 4.74 Å². The third-order valence-corrected chi connectivity index (χ3v) is 5.44. The second kappa shape index (κ2) is 6.23. The van der Waals surface area contributed by atoms with Gasteiger partial charge in [0.1, 0.15) is 11.8 Å². The average Bonchev–Trinajstić information content (AvgIpc) is 3.02. The summed E-state index contributed by atoms with van der Waals surface area (Å²) in [5, 5.41) is 1.74. The fourth-order valence-corrected chi connectivity index (χ4v) is 3.98. The first-order chi connectivity index (χ1) is 12.1. The summed E-state index contributed by atoms with van der Waals surface area (Å²) in [6, 6.07) is 14.3. The Labute approximate surface area is 155 Å². The number of nitrogens with zero attached hydrogens (tertiary/aromatic N) is 1. The molecule has 1 aliphatic carbocycles. The Hall–Kier alpha value is -2.27. The lowest BCUT2D eigenvalue weighted by atomic mass is 9.85. The van der Waals surface area contributed by atoms with Gasteiger partial charge in [0, 0.05) is 17.0 Å². The molecule has 128 valence electrons. The minimum absolute atomic E-state index is 0.0115. The lowest BCUT2D eigenvalue weighted by Crippen LogP contribution is -2.38. The summed E-state index contributed by atoms with van der Waals surface area (Å²) in [4.78, 5) is 12.3. The normalized spacial score (nSPS) is 18.5. The van der Waals surface area contributed by atoms with Gasteiger partial charge in [-0.3, -0.25) is 10.2 Å². The summed E-state index contributed by atoms with van der Waals surface area (Å²) in [6.07, 6.45) is 1.87. The molecule has 0 bridgehead atoms. The van der Waals surface area contributed by atoms with E-state index >= 15 is 0 Å². The quantitative estimate of drug-likeness (QED) is 0.822. The molecule has 2 aliphatic rings. The third-order valence-electron chi connectivity index (χ3n) is 4.91. The molecule has 25 heavy (non-hydrogen) atoms. The van der Waals surface area contributed by atoms with Gasteiger partial charge in [-0.15, -0.1) is 0 Å². The van der Waals surface area contributed by atoms with Gasteiger partial charge in [0.05, 0.1) is 12.8 Å². The van der Waals surface area contributed by atoms with E-state index in [-0.39, 0.29) is 11.9 Å². The molecule has 4 rings (SSSR count). The van der Waals surface area contributed by atoms with Crippen LogP contribution >= 0.6 is 15.9 Å². The van der Waals surface area contributed by atoms with E-state index in [0.29, 0.717) is 0 Å². The monoisotopic (exact) mass is 398 g/mol. The summed E-state index contributed by atoms with van der Waals surface area (Å²) in [6.45, 7) is 1.60. The number of nitrogens with one attached hydrogen (secondary N) is 1. The first kappa shape index (κ1) is 16.2. The Morgan fingerprint density at radius 1 is 1.20 bits per heavy atom. The van der Waals surface area contributed by atoms with Crippen LogP contribution in [0.1, 0.15) is 36.1 Å². The Morgan fingerprint density at radius 3 is 2.64 bits per heavy atom. The van der Waals surface area contributed by atoms with E-state index in [2.05, 4.69) is 45.6 Å². The lowest BCUT2D eigenvalue weighted by Gasteiger charge is -2.25. The van der Waals surface area contributed by atoms with Crippen LogP contribution in [0.15, 0.2) is 52.5 Å². The van der Waals surface area contributed by atoms with Crippen LogP contribution in [0.4, 0.5) is 0 Å². The van der Waals surface area contributed by atoms with Crippen molar-refractivity contribution in [1.29, 1.82) is 0 Å². The van der Waals surface area contributed by atoms with E-state index in [9.17, 15) is 4.79 Å². The van der Waals surface area contributed by atoms with E-state index in [4.69, 9.17) is 4.74 Å². The first-order valence-electron chi connectivity index (χ1n) is 8.30. The van der Waals surface area contributed by atoms with Crippen LogP contribution in [0, 0.1) is 0 Å². The molecule has 1 aliphatic heterocycles. The van der Waals surface area contributed by atoms with Crippen molar-refractivity contribution < 1.29 is 9.53 Å². The van der Waals surface area contributed by atoms with Crippen LogP contribution < -0.4 is 10.2 Å². The maximum absolute atomic E-state index is 12.3. The van der Waals surface area contributed by atoms with Crippen LogP contribution in [-0.2, 0) is 11.2 Å². The van der Waals surface area contributed by atoms with Crippen molar-refractivity contribution in [3.05, 3.63) is 69.2 Å². The van der Waals surface area contributed by atoms with Crippen molar-refractivity contribution in [1.82, 2.24) is 10.4 Å². The highest BCUT2D eigenvalue weighted by molar-refractivity contribution is 9.10. The zero-order valence-corrected chi connectivity index (χ0v) is 15.8. The predicted octanol–water partition coefficient (Wildman–Crippen LogP) is 4.22. The largest absolute Gasteiger partial charge is 0.497 e. The van der Waals surface area contributed by atoms with Gasteiger partial charge in [-0.25, -0.2) is 5.01 Å². The molecule has 0 saturated heterocycles. The minimum atomic E-state index is -0.0594. The van der Waals surface area contributed by atoms with Gasteiger partial charge in [0.25, 0.3) is 0 Å². The number of rotatable bonds is 2. The van der Waals surface area contributed by atoms with Crippen LogP contribution in [-0.4, -0.2) is 18.0 Å². The molecular weight excluding hydrogens is 380 g/mol. The number of methoxy groups -OCH3 is 1. The van der Waals surface area contributed by atoms with E-state index in [0.717, 1.165) is 39.9 Å². The topological polar surface area (TPSA) is 41.6 Å². The van der Waals surface area contributed by atoms with Gasteiger partial charge in [0.2, 0.25) is 5.91 Å². The number of ether oxygens (including phenoxy) is 1. The summed E-state index contributed by atoms with van der Waals surface area (Å²) >= 11 is 3.48. The third kappa shape index (κ3) is 2.72. The molecule has 0 radical (unpaired) electrons. The SMILES string of the molecule is COc1ccc2c(c1)CCC1=C2NN(C(C)=O)[C@H]1c1ccc(Br)cc1. The number of carbonyl (C=O) groups is 1. The number of hydrogen-bond donors (Lipinski definition) is 1. The molecule has 0 unspecified atom stereocenters. The molecular formula is C20H19BrN2O2. The van der Waals surface area contributed by atoms with Crippen molar-refractivity contribution in [2.75, 3.05) is 7.11 Å². The van der Waals surface area contributed by atoms with Gasteiger partial charge in [-0.05, 0) is 59.9 Å². The zero-order chi connectivity index (χ0) is 17.6. The molecule has 0 fully saturated rings. The minimum Gasteiger partial charge on any atom is -0.497 e. The zero-order valence-electron chi connectivity index (χ0n) is 14.2. The summed E-state index contributed by atoms with van der Waals surface area (Å²) in [7, 11) is 1.68. The van der Waals surface area contributed by atoms with Crippen LogP contribution in [0.2, 0.25) is 0 Å². The van der Waals surface area contributed by atoms with E-state index in [1.165, 1.54) is 11.1 Å². The second-order valence-corrected chi connectivity index (χ2v) is 7.29. The Kier molecular flexibility index (Phi) is 4.04. The van der Waals surface area contributed by atoms with Gasteiger partial charge in [-0.2, -0.15) is 0 Å². The van der Waals surface area contributed by atoms with Crippen molar-refractivity contribution in [2.24, 2.45) is 0 Å². The van der Waals surface area contributed by atoms with Crippen molar-refractivity contribution >= 4 is 27.5 Å². The van der Waals surface area contributed by atoms with Gasteiger partial charge in [-0.1, -0.05) is 28.1 Å². The fourth-order valence-electron chi connectivity index (χ4n) is 3.72. The Bertz CT molecular complexity index is 874. The average molecular weight is 399 g/mol. The molecule has 0 aromatic heterocycles. The molecule has 2 aromatic carbocycles. The summed E-state index contributed by atoms with van der Waals surface area (Å²) in [5.41, 5.74) is 9.23. The molecule has 5 heteroatoms. The van der Waals surface area contributed by atoms with E-state index < -0.39 is 0 Å². The first-order valence-corrected chi connectivity index (χ1v) is 9.10. The predicted molar refractivity (Wildman–Crippen MR) is 101 cm³/mol. The van der Waals surface area contributed by atoms with Gasteiger partial charge >= 0.3 is 0 Å². The van der Waals surface area contributed by atoms with Crippen molar-refractivity contribution in [3.63, 3.8) is 0 Å². The molecule has 0 spiro atoms. The Morgan fingerprint density at radius 2 is 1.96 bits per heavy atom. The lowest BCUT2D eigenvalue weighted by molar-refractivity contribution is -0.132. The molecule has 1 amide bonds. The molecule has 4 nitrogen and oxygen atoms in total. The number of benzene rings is 2. The highest BCUT2D eigenvalue weighted by atomic mass is 79.9. The number of carbonyl (C=O) groups excluding carboxylic acids is 1. The van der Waals surface area contributed by atoms with Gasteiger partial charge in [0.15, 0.2) is 0 Å². The number of amides is 1. The molecule has 0 saturated carbocycles. The van der Waals surface area contributed by atoms with E-state index in [1.807, 2.05) is 18.2 Å². The Balaban J connectivity index is 1.81. The van der Waals surface area contributed by atoms with Crippen molar-refractivity contribution in [3.8, 4) is 5.75 Å². The standard InChI is InChI=1S/C20H19BrN2O2/c1-12(24)23-20(13-3-6-15(21)7-4-13)18-9-5-14-11-16(25-2)8-10-17(14)19(18)22-23/h3-4,6-8,10-11,20,22H,5,9H2,1-2H3/t20-/m0/s1. The number of hydrogen-bond acceptors (Lipinski definition) is 3. The molecule has 1 N–H and O–H groups in total. The fraction of sp³-hybridized carbons (Fsp3) is 0.250. The highest BCUT2D eigenvalue weighted by Crippen LogP contribution is 2.44. The number of aryl methyl sites for hydroxylation is 1. The van der Waals surface area contributed by atoms with Crippen LogP contribution in [0.5, 0.6) is 5.75 Å². The maximum atomic E-state index is 12.3. The number of halogens is 1. The summed E-state index contributed by atoms with van der Waals surface area (Å²) in [5.74, 6) is 0.881. The number of fused-ring (bicyclic) bond motifs is 2. The second-order valence-electron chi connectivity index (χ2n) is 6.38. The molecule has 1 atom stereocenters. The van der Waals surface area contributed by atoms with Crippen LogP contribution in [0.3, 0.4) is 0 Å².